The molecule has 7 heteroatoms. The zero-order valence-corrected chi connectivity index (χ0v) is 12.6. The molecular weight excluding hydrogens is 288 g/mol. The predicted octanol–water partition coefficient (Wildman–Crippen LogP) is 1.84. The van der Waals surface area contributed by atoms with Gasteiger partial charge in [-0.05, 0) is 11.5 Å². The fourth-order valence-electron chi connectivity index (χ4n) is 2.04. The van der Waals surface area contributed by atoms with E-state index < -0.39 is 10.0 Å². The van der Waals surface area contributed by atoms with Crippen molar-refractivity contribution in [3.8, 4) is 6.07 Å². The van der Waals surface area contributed by atoms with Crippen LogP contribution in [-0.4, -0.2) is 24.0 Å². The molecule has 0 radical (unpaired) electrons. The Kier molecular flexibility index (Phi) is 4.29. The smallest absolute Gasteiger partial charge is 0.234 e. The van der Waals surface area contributed by atoms with Crippen LogP contribution in [-0.2, 0) is 17.1 Å². The molecular formula is C14H16N4O2S. The molecule has 0 bridgehead atoms. The van der Waals surface area contributed by atoms with Crippen molar-refractivity contribution in [2.45, 2.75) is 12.8 Å². The normalized spacial score (nSPS) is 12.6. The summed E-state index contributed by atoms with van der Waals surface area (Å²) in [6.07, 6.45) is 1.47. The summed E-state index contributed by atoms with van der Waals surface area (Å²) in [5.41, 5.74) is 1.15. The summed E-state index contributed by atoms with van der Waals surface area (Å²) < 4.78 is 28.2. The Labute approximate surface area is 124 Å². The zero-order chi connectivity index (χ0) is 15.5. The second-order valence-corrected chi connectivity index (χ2v) is 6.64. The van der Waals surface area contributed by atoms with Gasteiger partial charge in [0.25, 0.3) is 0 Å². The van der Waals surface area contributed by atoms with E-state index in [2.05, 4.69) is 9.82 Å². The number of nitrogens with zero attached hydrogens (tertiary/aromatic N) is 3. The van der Waals surface area contributed by atoms with Crippen LogP contribution in [0, 0.1) is 11.3 Å². The Bertz CT molecular complexity index is 760. The molecule has 1 aromatic heterocycles. The number of rotatable bonds is 5. The van der Waals surface area contributed by atoms with Crippen LogP contribution in [0.15, 0.2) is 36.5 Å². The average Bonchev–Trinajstić information content (AvgIpc) is 2.78. The molecule has 0 aliphatic heterocycles. The molecule has 1 N–H and O–H groups in total. The Morgan fingerprint density at radius 2 is 2.05 bits per heavy atom. The van der Waals surface area contributed by atoms with E-state index >= 15 is 0 Å². The lowest BCUT2D eigenvalue weighted by molar-refractivity contribution is 0.595. The van der Waals surface area contributed by atoms with Gasteiger partial charge in [-0.15, -0.1) is 0 Å². The zero-order valence-electron chi connectivity index (χ0n) is 11.8. The van der Waals surface area contributed by atoms with Crippen LogP contribution in [0.3, 0.4) is 0 Å². The number of aromatic nitrogens is 2. The molecule has 0 aliphatic carbocycles. The number of anilines is 1. The molecule has 1 unspecified atom stereocenters. The molecule has 0 fully saturated rings. The quantitative estimate of drug-likeness (QED) is 0.913. The number of nitriles is 1. The van der Waals surface area contributed by atoms with Gasteiger partial charge in [0, 0.05) is 13.2 Å². The van der Waals surface area contributed by atoms with E-state index in [1.165, 1.54) is 10.9 Å². The molecule has 0 amide bonds. The van der Waals surface area contributed by atoms with Crippen LogP contribution in [0.4, 0.5) is 5.82 Å². The molecule has 0 spiro atoms. The summed E-state index contributed by atoms with van der Waals surface area (Å²) in [6.45, 7) is 1.85. The van der Waals surface area contributed by atoms with Gasteiger partial charge in [0.05, 0.1) is 5.75 Å². The maximum atomic E-state index is 12.2. The summed E-state index contributed by atoms with van der Waals surface area (Å²) in [5.74, 6) is -0.156. The molecule has 0 aliphatic rings. The fourth-order valence-corrected chi connectivity index (χ4v) is 3.42. The Balaban J connectivity index is 2.14. The first kappa shape index (κ1) is 15.1. The number of sulfonamides is 1. The highest BCUT2D eigenvalue weighted by molar-refractivity contribution is 7.92. The maximum Gasteiger partial charge on any atom is 0.234 e. The van der Waals surface area contributed by atoms with E-state index in [9.17, 15) is 8.42 Å². The minimum absolute atomic E-state index is 0.0697. The van der Waals surface area contributed by atoms with Crippen LogP contribution in [0.1, 0.15) is 24.0 Å². The summed E-state index contributed by atoms with van der Waals surface area (Å²) >= 11 is 0. The van der Waals surface area contributed by atoms with Gasteiger partial charge in [-0.3, -0.25) is 9.40 Å². The topological polar surface area (TPSA) is 87.8 Å². The third kappa shape index (κ3) is 3.83. The molecule has 1 aromatic carbocycles. The number of hydrogen-bond acceptors (Lipinski definition) is 4. The van der Waals surface area contributed by atoms with Crippen molar-refractivity contribution in [3.05, 3.63) is 47.7 Å². The van der Waals surface area contributed by atoms with Gasteiger partial charge in [0.1, 0.15) is 11.6 Å². The largest absolute Gasteiger partial charge is 0.272 e. The van der Waals surface area contributed by atoms with Crippen LogP contribution < -0.4 is 4.72 Å². The third-order valence-electron chi connectivity index (χ3n) is 3.04. The molecule has 0 saturated heterocycles. The van der Waals surface area contributed by atoms with E-state index in [1.807, 2.05) is 43.3 Å². The predicted molar refractivity (Wildman–Crippen MR) is 80.2 cm³/mol. The SMILES string of the molecule is CC(CS(=O)(=O)Nc1nn(C)cc1C#N)c1ccccc1. The second kappa shape index (κ2) is 5.97. The lowest BCUT2D eigenvalue weighted by Crippen LogP contribution is -2.21. The molecule has 21 heavy (non-hydrogen) atoms. The first-order chi connectivity index (χ1) is 9.91. The van der Waals surface area contributed by atoms with Gasteiger partial charge in [-0.2, -0.15) is 10.4 Å². The van der Waals surface area contributed by atoms with E-state index in [0.29, 0.717) is 0 Å². The van der Waals surface area contributed by atoms with E-state index in [4.69, 9.17) is 5.26 Å². The van der Waals surface area contributed by atoms with E-state index in [0.717, 1.165) is 5.56 Å². The highest BCUT2D eigenvalue weighted by Gasteiger charge is 2.20. The summed E-state index contributed by atoms with van der Waals surface area (Å²) in [7, 11) is -1.95. The molecule has 2 rings (SSSR count). The van der Waals surface area contributed by atoms with E-state index in [1.54, 1.807) is 7.05 Å². The first-order valence-corrected chi connectivity index (χ1v) is 8.05. The van der Waals surface area contributed by atoms with Crippen LogP contribution >= 0.6 is 0 Å². The monoisotopic (exact) mass is 304 g/mol. The summed E-state index contributed by atoms with van der Waals surface area (Å²) in [6, 6.07) is 11.3. The third-order valence-corrected chi connectivity index (χ3v) is 4.48. The first-order valence-electron chi connectivity index (χ1n) is 6.40. The van der Waals surface area contributed by atoms with Crippen LogP contribution in [0.5, 0.6) is 0 Å². The van der Waals surface area contributed by atoms with Crippen molar-refractivity contribution in [1.29, 1.82) is 5.26 Å². The Hall–Kier alpha value is -2.33. The summed E-state index contributed by atoms with van der Waals surface area (Å²) in [4.78, 5) is 0. The van der Waals surface area contributed by atoms with E-state index in [-0.39, 0.29) is 23.1 Å². The fraction of sp³-hybridized carbons (Fsp3) is 0.286. The second-order valence-electron chi connectivity index (χ2n) is 4.87. The van der Waals surface area contributed by atoms with Gasteiger partial charge in [-0.1, -0.05) is 37.3 Å². The average molecular weight is 304 g/mol. The standard InChI is InChI=1S/C14H16N4O2S/c1-11(12-6-4-3-5-7-12)10-21(19,20)17-14-13(8-15)9-18(2)16-14/h3-7,9,11H,10H2,1-2H3,(H,16,17). The van der Waals surface area contributed by atoms with Crippen LogP contribution in [0.2, 0.25) is 0 Å². The van der Waals surface area contributed by atoms with Gasteiger partial charge >= 0.3 is 0 Å². The highest BCUT2D eigenvalue weighted by Crippen LogP contribution is 2.19. The number of nitrogens with one attached hydrogen (secondary N) is 1. The lowest BCUT2D eigenvalue weighted by Gasteiger charge is -2.12. The maximum absolute atomic E-state index is 12.2. The molecule has 0 saturated carbocycles. The van der Waals surface area contributed by atoms with Crippen molar-refractivity contribution >= 4 is 15.8 Å². The minimum Gasteiger partial charge on any atom is -0.272 e. The number of hydrogen-bond donors (Lipinski definition) is 1. The van der Waals surface area contributed by atoms with Crippen molar-refractivity contribution in [1.82, 2.24) is 9.78 Å². The minimum atomic E-state index is -3.58. The number of benzene rings is 1. The molecule has 1 atom stereocenters. The molecule has 2 aromatic rings. The van der Waals surface area contributed by atoms with Crippen LogP contribution in [0.25, 0.3) is 0 Å². The van der Waals surface area contributed by atoms with Gasteiger partial charge < -0.3 is 0 Å². The molecule has 1 heterocycles. The molecule has 6 nitrogen and oxygen atoms in total. The lowest BCUT2D eigenvalue weighted by atomic mass is 10.0. The van der Waals surface area contributed by atoms with Crippen molar-refractivity contribution in [2.24, 2.45) is 7.05 Å². The Morgan fingerprint density at radius 3 is 2.67 bits per heavy atom. The van der Waals surface area contributed by atoms with Gasteiger partial charge in [-0.25, -0.2) is 8.42 Å². The van der Waals surface area contributed by atoms with Crippen molar-refractivity contribution in [3.63, 3.8) is 0 Å². The molecule has 110 valence electrons. The summed E-state index contributed by atoms with van der Waals surface area (Å²) in [5, 5.41) is 12.9. The number of aryl methyl sites for hydroxylation is 1. The van der Waals surface area contributed by atoms with Gasteiger partial charge in [0.2, 0.25) is 10.0 Å². The highest BCUT2D eigenvalue weighted by atomic mass is 32.2. The Morgan fingerprint density at radius 1 is 1.38 bits per heavy atom. The van der Waals surface area contributed by atoms with Crippen molar-refractivity contribution in [2.75, 3.05) is 10.5 Å². The van der Waals surface area contributed by atoms with Crippen molar-refractivity contribution < 1.29 is 8.42 Å². The van der Waals surface area contributed by atoms with Gasteiger partial charge in [0.15, 0.2) is 5.82 Å².